The van der Waals surface area contributed by atoms with Gasteiger partial charge in [0.05, 0.1) is 18.7 Å². The minimum Gasteiger partial charge on any atom is -0.493 e. The molecule has 0 spiro atoms. The largest absolute Gasteiger partial charge is 0.493 e. The van der Waals surface area contributed by atoms with Crippen LogP contribution in [0.5, 0.6) is 11.5 Å². The molecule has 1 aliphatic heterocycles. The highest BCUT2D eigenvalue weighted by Crippen LogP contribution is 2.36. The predicted molar refractivity (Wildman–Crippen MR) is 104 cm³/mol. The predicted octanol–water partition coefficient (Wildman–Crippen LogP) is 3.68. The van der Waals surface area contributed by atoms with Gasteiger partial charge in [-0.05, 0) is 49.9 Å². The van der Waals surface area contributed by atoms with Crippen LogP contribution < -0.4 is 20.1 Å². The van der Waals surface area contributed by atoms with Gasteiger partial charge < -0.3 is 20.1 Å². The number of methoxy groups -OCH3 is 1. The second-order valence-corrected chi connectivity index (χ2v) is 6.99. The number of hydrogen-bond donors (Lipinski definition) is 2. The van der Waals surface area contributed by atoms with Crippen molar-refractivity contribution in [1.29, 1.82) is 0 Å². The minimum absolute atomic E-state index is 0. The zero-order valence-corrected chi connectivity index (χ0v) is 16.7. The Morgan fingerprint density at radius 2 is 2.04 bits per heavy atom. The molecule has 0 saturated carbocycles. The highest BCUT2D eigenvalue weighted by atomic mass is 35.5. The Bertz CT molecular complexity index is 576. The van der Waals surface area contributed by atoms with Crippen LogP contribution in [-0.2, 0) is 0 Å². The first kappa shape index (κ1) is 21.9. The van der Waals surface area contributed by atoms with Crippen LogP contribution in [0.15, 0.2) is 12.1 Å². The fraction of sp³-hybridized carbons (Fsp3) is 0.611. The lowest BCUT2D eigenvalue weighted by Crippen LogP contribution is -2.42. The molecule has 25 heavy (non-hydrogen) atoms. The first-order valence-electron chi connectivity index (χ1n) is 8.48. The van der Waals surface area contributed by atoms with E-state index in [1.54, 1.807) is 19.2 Å². The van der Waals surface area contributed by atoms with Crippen molar-refractivity contribution in [3.05, 3.63) is 22.7 Å². The Balaban J connectivity index is 0.00000312. The zero-order chi connectivity index (χ0) is 17.6. The number of piperidine rings is 1. The molecule has 1 fully saturated rings. The molecule has 1 aliphatic rings. The Morgan fingerprint density at radius 3 is 2.64 bits per heavy atom. The molecule has 0 aliphatic carbocycles. The lowest BCUT2D eigenvalue weighted by molar-refractivity contribution is 0.0922. The average Bonchev–Trinajstić information content (AvgIpc) is 2.58. The summed E-state index contributed by atoms with van der Waals surface area (Å²) in [4.78, 5) is 12.5. The van der Waals surface area contributed by atoms with Crippen LogP contribution in [0.25, 0.3) is 0 Å². The summed E-state index contributed by atoms with van der Waals surface area (Å²) in [5, 5.41) is 6.76. The molecule has 0 bridgehead atoms. The van der Waals surface area contributed by atoms with Gasteiger partial charge in [-0.15, -0.1) is 12.4 Å². The second-order valence-electron chi connectivity index (χ2n) is 6.58. The fourth-order valence-electron chi connectivity index (χ4n) is 2.80. The van der Waals surface area contributed by atoms with Crippen LogP contribution in [0.2, 0.25) is 5.02 Å². The molecular weight excluding hydrogens is 363 g/mol. The maximum atomic E-state index is 12.5. The number of hydrogen-bond acceptors (Lipinski definition) is 4. The summed E-state index contributed by atoms with van der Waals surface area (Å²) in [7, 11) is 1.54. The third-order valence-electron chi connectivity index (χ3n) is 4.43. The summed E-state index contributed by atoms with van der Waals surface area (Å²) in [5.41, 5.74) is 0.622. The standard InChI is InChI=1S/C18H27ClN2O3.ClH/c1-4-9-24-16-14(19)10-13(11-15(16)23-3)17(22)21-12-18(2)5-7-20-8-6-18;/h10-11,20H,4-9,12H2,1-3H3,(H,21,22);1H. The van der Waals surface area contributed by atoms with Gasteiger partial charge in [0, 0.05) is 12.1 Å². The molecular formula is C18H28Cl2N2O3. The van der Waals surface area contributed by atoms with E-state index in [4.69, 9.17) is 21.1 Å². The van der Waals surface area contributed by atoms with Gasteiger partial charge in [0.2, 0.25) is 0 Å². The molecule has 2 N–H and O–H groups in total. The Kier molecular flexibility index (Phi) is 8.83. The highest BCUT2D eigenvalue weighted by Gasteiger charge is 2.27. The van der Waals surface area contributed by atoms with Gasteiger partial charge in [0.15, 0.2) is 11.5 Å². The molecule has 2 rings (SSSR count). The third kappa shape index (κ3) is 5.94. The number of ether oxygens (including phenoxy) is 2. The van der Waals surface area contributed by atoms with Gasteiger partial charge in [0.25, 0.3) is 5.91 Å². The first-order valence-corrected chi connectivity index (χ1v) is 8.86. The van der Waals surface area contributed by atoms with Crippen LogP contribution in [0.1, 0.15) is 43.5 Å². The summed E-state index contributed by atoms with van der Waals surface area (Å²) in [6.07, 6.45) is 2.98. The Labute approximate surface area is 161 Å². The van der Waals surface area contributed by atoms with Crippen molar-refractivity contribution in [2.24, 2.45) is 5.41 Å². The van der Waals surface area contributed by atoms with E-state index in [0.717, 1.165) is 32.4 Å². The molecule has 7 heteroatoms. The number of carbonyl (C=O) groups is 1. The normalized spacial score (nSPS) is 15.8. The molecule has 0 unspecified atom stereocenters. The van der Waals surface area contributed by atoms with E-state index in [1.807, 2.05) is 6.92 Å². The maximum Gasteiger partial charge on any atom is 0.251 e. The minimum atomic E-state index is -0.142. The van der Waals surface area contributed by atoms with Gasteiger partial charge >= 0.3 is 0 Å². The van der Waals surface area contributed by atoms with Crippen LogP contribution >= 0.6 is 24.0 Å². The molecule has 0 atom stereocenters. The molecule has 5 nitrogen and oxygen atoms in total. The lowest BCUT2D eigenvalue weighted by Gasteiger charge is -2.34. The Hall–Kier alpha value is -1.17. The number of halogens is 2. The molecule has 0 aromatic heterocycles. The molecule has 142 valence electrons. The Morgan fingerprint density at radius 1 is 1.36 bits per heavy atom. The molecule has 1 aromatic rings. The number of carbonyl (C=O) groups excluding carboxylic acids is 1. The first-order chi connectivity index (χ1) is 11.5. The van der Waals surface area contributed by atoms with Crippen molar-refractivity contribution in [1.82, 2.24) is 10.6 Å². The van der Waals surface area contributed by atoms with Crippen molar-refractivity contribution >= 4 is 29.9 Å². The summed E-state index contributed by atoms with van der Waals surface area (Å²) in [5.74, 6) is 0.828. The zero-order valence-electron chi connectivity index (χ0n) is 15.1. The van der Waals surface area contributed by atoms with Crippen LogP contribution in [0, 0.1) is 5.41 Å². The third-order valence-corrected chi connectivity index (χ3v) is 4.71. The van der Waals surface area contributed by atoms with E-state index in [1.165, 1.54) is 0 Å². The molecule has 0 radical (unpaired) electrons. The van der Waals surface area contributed by atoms with Crippen molar-refractivity contribution in [3.63, 3.8) is 0 Å². The van der Waals surface area contributed by atoms with Gasteiger partial charge in [-0.1, -0.05) is 25.4 Å². The molecule has 1 amide bonds. The quantitative estimate of drug-likeness (QED) is 0.745. The highest BCUT2D eigenvalue weighted by molar-refractivity contribution is 6.32. The van der Waals surface area contributed by atoms with E-state index in [-0.39, 0.29) is 23.7 Å². The molecule has 1 heterocycles. The molecule has 1 aromatic carbocycles. The smallest absolute Gasteiger partial charge is 0.251 e. The van der Waals surface area contributed by atoms with E-state index < -0.39 is 0 Å². The monoisotopic (exact) mass is 390 g/mol. The van der Waals surface area contributed by atoms with Crippen LogP contribution in [-0.4, -0.2) is 39.3 Å². The van der Waals surface area contributed by atoms with Gasteiger partial charge in [0.1, 0.15) is 0 Å². The SMILES string of the molecule is CCCOc1c(Cl)cc(C(=O)NCC2(C)CCNCC2)cc1OC.Cl. The van der Waals surface area contributed by atoms with Crippen LogP contribution in [0.4, 0.5) is 0 Å². The summed E-state index contributed by atoms with van der Waals surface area (Å²) in [6, 6.07) is 3.31. The van der Waals surface area contributed by atoms with Gasteiger partial charge in [-0.2, -0.15) is 0 Å². The molecule has 1 saturated heterocycles. The van der Waals surface area contributed by atoms with E-state index >= 15 is 0 Å². The van der Waals surface area contributed by atoms with Gasteiger partial charge in [-0.25, -0.2) is 0 Å². The number of benzene rings is 1. The van der Waals surface area contributed by atoms with Crippen molar-refractivity contribution in [2.75, 3.05) is 33.4 Å². The van der Waals surface area contributed by atoms with E-state index in [0.29, 0.717) is 35.2 Å². The lowest BCUT2D eigenvalue weighted by atomic mass is 9.81. The summed E-state index contributed by atoms with van der Waals surface area (Å²) < 4.78 is 10.9. The maximum absolute atomic E-state index is 12.5. The second kappa shape index (κ2) is 10.1. The van der Waals surface area contributed by atoms with E-state index in [9.17, 15) is 4.79 Å². The summed E-state index contributed by atoms with van der Waals surface area (Å²) in [6.45, 7) is 7.42. The van der Waals surface area contributed by atoms with E-state index in [2.05, 4.69) is 17.6 Å². The fourth-order valence-corrected chi connectivity index (χ4v) is 3.06. The van der Waals surface area contributed by atoms with Crippen molar-refractivity contribution in [3.8, 4) is 11.5 Å². The number of amides is 1. The van der Waals surface area contributed by atoms with Crippen LogP contribution in [0.3, 0.4) is 0 Å². The van der Waals surface area contributed by atoms with Crippen molar-refractivity contribution in [2.45, 2.75) is 33.1 Å². The van der Waals surface area contributed by atoms with Gasteiger partial charge in [-0.3, -0.25) is 4.79 Å². The topological polar surface area (TPSA) is 59.6 Å². The summed E-state index contributed by atoms with van der Waals surface area (Å²) >= 11 is 6.28. The number of nitrogens with one attached hydrogen (secondary N) is 2. The average molecular weight is 391 g/mol. The van der Waals surface area contributed by atoms with Crippen molar-refractivity contribution < 1.29 is 14.3 Å². The number of rotatable bonds is 7.